The van der Waals surface area contributed by atoms with Crippen LogP contribution in [-0.4, -0.2) is 0 Å². The molecule has 0 aliphatic rings. The van der Waals surface area contributed by atoms with Gasteiger partial charge >= 0.3 is 5.63 Å². The summed E-state index contributed by atoms with van der Waals surface area (Å²) in [6.07, 6.45) is 5.42. The van der Waals surface area contributed by atoms with Crippen molar-refractivity contribution < 1.29 is 8.83 Å². The first-order chi connectivity index (χ1) is 12.2. The molecule has 0 amide bonds. The molecule has 122 valence electrons. The molecule has 0 fully saturated rings. The van der Waals surface area contributed by atoms with Crippen molar-refractivity contribution in [2.24, 2.45) is 0 Å². The van der Waals surface area contributed by atoms with E-state index < -0.39 is 0 Å². The van der Waals surface area contributed by atoms with E-state index in [1.54, 1.807) is 6.26 Å². The van der Waals surface area contributed by atoms with Crippen molar-refractivity contribution in [3.63, 3.8) is 0 Å². The predicted molar refractivity (Wildman–Crippen MR) is 103 cm³/mol. The highest BCUT2D eigenvalue weighted by atomic mass is 79.9. The summed E-state index contributed by atoms with van der Waals surface area (Å²) >= 11 is 3.40. The van der Waals surface area contributed by atoms with E-state index in [4.69, 9.17) is 8.83 Å². The monoisotopic (exact) mass is 392 g/mol. The van der Waals surface area contributed by atoms with Crippen LogP contribution in [0.5, 0.6) is 0 Å². The van der Waals surface area contributed by atoms with Crippen LogP contribution in [0.3, 0.4) is 0 Å². The fourth-order valence-electron chi connectivity index (χ4n) is 2.63. The summed E-state index contributed by atoms with van der Waals surface area (Å²) in [6, 6.07) is 18.9. The first-order valence-corrected chi connectivity index (χ1v) is 8.54. The maximum atomic E-state index is 12.4. The van der Waals surface area contributed by atoms with Crippen LogP contribution in [0, 0.1) is 0 Å². The highest BCUT2D eigenvalue weighted by molar-refractivity contribution is 9.10. The van der Waals surface area contributed by atoms with E-state index >= 15 is 0 Å². The quantitative estimate of drug-likeness (QED) is 0.402. The minimum Gasteiger partial charge on any atom is -0.465 e. The molecular weight excluding hydrogens is 380 g/mol. The van der Waals surface area contributed by atoms with Gasteiger partial charge in [-0.15, -0.1) is 0 Å². The Hall–Kier alpha value is -2.85. The number of rotatable bonds is 3. The van der Waals surface area contributed by atoms with Gasteiger partial charge in [0.15, 0.2) is 0 Å². The Morgan fingerprint density at radius 1 is 0.920 bits per heavy atom. The molecule has 0 unspecified atom stereocenters. The average molecular weight is 393 g/mol. The van der Waals surface area contributed by atoms with E-state index in [0.29, 0.717) is 11.1 Å². The van der Waals surface area contributed by atoms with Crippen LogP contribution in [0.1, 0.15) is 11.3 Å². The fourth-order valence-corrected chi connectivity index (χ4v) is 2.89. The molecule has 2 aromatic heterocycles. The summed E-state index contributed by atoms with van der Waals surface area (Å²) in [5.41, 5.74) is 2.54. The van der Waals surface area contributed by atoms with Crippen LogP contribution in [0.15, 0.2) is 85.0 Å². The Labute approximate surface area is 152 Å². The summed E-state index contributed by atoms with van der Waals surface area (Å²) in [5.74, 6) is 0.770. The number of fused-ring (bicyclic) bond motifs is 1. The molecule has 0 spiro atoms. The molecule has 4 heteroatoms. The Balaban J connectivity index is 1.74. The lowest BCUT2D eigenvalue weighted by molar-refractivity contribution is 0.557. The number of hydrogen-bond donors (Lipinski definition) is 0. The van der Waals surface area contributed by atoms with Crippen LogP contribution in [0.25, 0.3) is 34.2 Å². The lowest BCUT2D eigenvalue weighted by Gasteiger charge is -2.04. The van der Waals surface area contributed by atoms with Crippen molar-refractivity contribution in [3.8, 4) is 11.1 Å². The summed E-state index contributed by atoms with van der Waals surface area (Å²) in [4.78, 5) is 12.4. The second-order valence-corrected chi connectivity index (χ2v) is 6.52. The Morgan fingerprint density at radius 3 is 2.52 bits per heavy atom. The minimum absolute atomic E-state index is 0.345. The van der Waals surface area contributed by atoms with Crippen molar-refractivity contribution in [2.45, 2.75) is 0 Å². The van der Waals surface area contributed by atoms with Crippen molar-refractivity contribution >= 4 is 39.1 Å². The Bertz CT molecular complexity index is 1100. The molecule has 25 heavy (non-hydrogen) atoms. The van der Waals surface area contributed by atoms with Gasteiger partial charge in [-0.3, -0.25) is 0 Å². The zero-order chi connectivity index (χ0) is 17.2. The van der Waals surface area contributed by atoms with Gasteiger partial charge in [0.25, 0.3) is 0 Å². The second-order valence-electron chi connectivity index (χ2n) is 5.60. The first-order valence-electron chi connectivity index (χ1n) is 7.74. The van der Waals surface area contributed by atoms with E-state index in [-0.39, 0.29) is 5.63 Å². The normalized spacial score (nSPS) is 11.4. The highest BCUT2D eigenvalue weighted by Crippen LogP contribution is 2.24. The second kappa shape index (κ2) is 6.57. The average Bonchev–Trinajstić information content (AvgIpc) is 3.14. The number of benzene rings is 2. The van der Waals surface area contributed by atoms with Crippen molar-refractivity contribution in [1.82, 2.24) is 0 Å². The molecule has 0 saturated carbocycles. The summed E-state index contributed by atoms with van der Waals surface area (Å²) in [5, 5.41) is 0.882. The molecule has 0 atom stereocenters. The topological polar surface area (TPSA) is 43.4 Å². The van der Waals surface area contributed by atoms with Crippen molar-refractivity contribution in [1.29, 1.82) is 0 Å². The van der Waals surface area contributed by atoms with Crippen LogP contribution >= 0.6 is 15.9 Å². The van der Waals surface area contributed by atoms with E-state index in [2.05, 4.69) is 15.9 Å². The third-order valence-electron chi connectivity index (χ3n) is 3.90. The van der Waals surface area contributed by atoms with Gasteiger partial charge in [0, 0.05) is 9.86 Å². The van der Waals surface area contributed by atoms with Crippen LogP contribution in [0.2, 0.25) is 0 Å². The van der Waals surface area contributed by atoms with Gasteiger partial charge in [0.1, 0.15) is 11.3 Å². The largest absolute Gasteiger partial charge is 0.465 e. The number of hydrogen-bond acceptors (Lipinski definition) is 3. The summed E-state index contributed by atoms with van der Waals surface area (Å²) in [6.45, 7) is 0. The molecular formula is C21H13BrO3. The third kappa shape index (κ3) is 3.35. The maximum Gasteiger partial charge on any atom is 0.344 e. The Kier molecular flexibility index (Phi) is 4.12. The highest BCUT2D eigenvalue weighted by Gasteiger charge is 2.08. The van der Waals surface area contributed by atoms with E-state index in [1.165, 1.54) is 0 Å². The third-order valence-corrected chi connectivity index (χ3v) is 4.43. The smallest absolute Gasteiger partial charge is 0.344 e. The van der Waals surface area contributed by atoms with Crippen LogP contribution < -0.4 is 5.63 Å². The fraction of sp³-hybridized carbons (Fsp3) is 0. The first kappa shape index (κ1) is 15.7. The van der Waals surface area contributed by atoms with E-state index in [1.807, 2.05) is 72.8 Å². The Morgan fingerprint density at radius 2 is 1.76 bits per heavy atom. The number of furan rings is 1. The summed E-state index contributed by atoms with van der Waals surface area (Å²) in [7, 11) is 0. The standard InChI is InChI=1S/C21H13BrO3/c22-17-8-6-15(7-9-17)19-13-16-5-3-14(12-20(16)25-21(19)23)4-10-18-2-1-11-24-18/h1-13H/b10-4+. The van der Waals surface area contributed by atoms with Crippen molar-refractivity contribution in [2.75, 3.05) is 0 Å². The summed E-state index contributed by atoms with van der Waals surface area (Å²) < 4.78 is 11.8. The zero-order valence-corrected chi connectivity index (χ0v) is 14.7. The minimum atomic E-state index is -0.345. The molecule has 0 aliphatic heterocycles. The molecule has 2 heterocycles. The van der Waals surface area contributed by atoms with Gasteiger partial charge in [0.2, 0.25) is 0 Å². The van der Waals surface area contributed by atoms with Gasteiger partial charge in [-0.05, 0) is 53.6 Å². The molecule has 4 rings (SSSR count). The van der Waals surface area contributed by atoms with Crippen LogP contribution in [-0.2, 0) is 0 Å². The molecule has 0 saturated heterocycles. The molecule has 4 aromatic rings. The zero-order valence-electron chi connectivity index (χ0n) is 13.1. The molecule has 0 radical (unpaired) electrons. The van der Waals surface area contributed by atoms with Gasteiger partial charge in [0.05, 0.1) is 11.8 Å². The van der Waals surface area contributed by atoms with Gasteiger partial charge < -0.3 is 8.83 Å². The van der Waals surface area contributed by atoms with Crippen molar-refractivity contribution in [3.05, 3.63) is 93.1 Å². The van der Waals surface area contributed by atoms with E-state index in [0.717, 1.165) is 26.7 Å². The molecule has 3 nitrogen and oxygen atoms in total. The van der Waals surface area contributed by atoms with Gasteiger partial charge in [-0.2, -0.15) is 0 Å². The SMILES string of the molecule is O=c1oc2cc(/C=C/c3ccco3)ccc2cc1-c1ccc(Br)cc1. The lowest BCUT2D eigenvalue weighted by Crippen LogP contribution is -2.02. The molecule has 0 bridgehead atoms. The van der Waals surface area contributed by atoms with E-state index in [9.17, 15) is 4.79 Å². The van der Waals surface area contributed by atoms with Crippen LogP contribution in [0.4, 0.5) is 0 Å². The van der Waals surface area contributed by atoms with Gasteiger partial charge in [-0.25, -0.2) is 4.79 Å². The molecule has 2 aromatic carbocycles. The lowest BCUT2D eigenvalue weighted by atomic mass is 10.1. The number of halogens is 1. The molecule has 0 aliphatic carbocycles. The van der Waals surface area contributed by atoms with Gasteiger partial charge in [-0.1, -0.05) is 46.3 Å². The maximum absolute atomic E-state index is 12.4. The molecule has 0 N–H and O–H groups in total. The predicted octanol–water partition coefficient (Wildman–Crippen LogP) is 5.99.